The summed E-state index contributed by atoms with van der Waals surface area (Å²) in [5, 5.41) is 13.4. The van der Waals surface area contributed by atoms with Gasteiger partial charge in [-0.25, -0.2) is 0 Å². The molecule has 0 aliphatic rings. The fraction of sp³-hybridized carbons (Fsp3) is 1.00. The van der Waals surface area contributed by atoms with Gasteiger partial charge >= 0.3 is 0 Å². The maximum atomic E-state index is 10.0. The highest BCUT2D eigenvalue weighted by molar-refractivity contribution is 4.76. The number of rotatable bonds is 8. The van der Waals surface area contributed by atoms with Gasteiger partial charge in [-0.1, -0.05) is 27.7 Å². The summed E-state index contributed by atoms with van der Waals surface area (Å²) in [6.45, 7) is 12.4. The molecule has 1 atom stereocenters. The van der Waals surface area contributed by atoms with E-state index >= 15 is 0 Å². The average molecular weight is 215 g/mol. The second-order valence-electron chi connectivity index (χ2n) is 5.81. The van der Waals surface area contributed by atoms with Crippen LogP contribution >= 0.6 is 0 Å². The largest absolute Gasteiger partial charge is 0.389 e. The van der Waals surface area contributed by atoms with Crippen LogP contribution in [0.3, 0.4) is 0 Å². The Kier molecular flexibility index (Phi) is 7.20. The Morgan fingerprint density at radius 2 is 1.73 bits per heavy atom. The Morgan fingerprint density at radius 1 is 1.13 bits per heavy atom. The molecule has 0 amide bonds. The van der Waals surface area contributed by atoms with Crippen molar-refractivity contribution in [1.82, 2.24) is 5.32 Å². The molecule has 0 saturated heterocycles. The summed E-state index contributed by atoms with van der Waals surface area (Å²) in [4.78, 5) is 0. The molecule has 0 aliphatic heterocycles. The molecule has 2 N–H and O–H groups in total. The third kappa shape index (κ3) is 10.2. The van der Waals surface area contributed by atoms with Crippen LogP contribution in [0.2, 0.25) is 0 Å². The highest BCUT2D eigenvalue weighted by atomic mass is 16.3. The minimum Gasteiger partial charge on any atom is -0.389 e. The molecule has 2 heteroatoms. The molecule has 0 aromatic carbocycles. The standard InChI is InChI=1S/C13H29NO/c1-11(2)7-6-8-14-10-13(5,15)9-12(3)4/h11-12,14-15H,6-10H2,1-5H3. The minimum absolute atomic E-state index is 0.550. The molecule has 15 heavy (non-hydrogen) atoms. The van der Waals surface area contributed by atoms with Crippen LogP contribution in [0.1, 0.15) is 53.9 Å². The SMILES string of the molecule is CC(C)CCCNCC(C)(O)CC(C)C. The van der Waals surface area contributed by atoms with E-state index in [0.29, 0.717) is 12.5 Å². The van der Waals surface area contributed by atoms with Crippen LogP contribution in [0, 0.1) is 11.8 Å². The fourth-order valence-corrected chi connectivity index (χ4v) is 1.94. The summed E-state index contributed by atoms with van der Waals surface area (Å²) in [6, 6.07) is 0. The van der Waals surface area contributed by atoms with Crippen molar-refractivity contribution >= 4 is 0 Å². The summed E-state index contributed by atoms with van der Waals surface area (Å²) >= 11 is 0. The lowest BCUT2D eigenvalue weighted by Gasteiger charge is -2.25. The molecule has 0 aromatic rings. The first kappa shape index (κ1) is 14.9. The first-order valence-corrected chi connectivity index (χ1v) is 6.26. The topological polar surface area (TPSA) is 32.3 Å². The Balaban J connectivity index is 3.48. The van der Waals surface area contributed by atoms with E-state index in [0.717, 1.165) is 18.9 Å². The van der Waals surface area contributed by atoms with E-state index in [1.807, 2.05) is 6.92 Å². The lowest BCUT2D eigenvalue weighted by molar-refractivity contribution is 0.0387. The Morgan fingerprint density at radius 3 is 2.20 bits per heavy atom. The van der Waals surface area contributed by atoms with Gasteiger partial charge in [-0.15, -0.1) is 0 Å². The molecular weight excluding hydrogens is 186 g/mol. The van der Waals surface area contributed by atoms with Crippen LogP contribution in [-0.4, -0.2) is 23.8 Å². The molecule has 1 unspecified atom stereocenters. The number of hydrogen-bond acceptors (Lipinski definition) is 2. The molecule has 0 radical (unpaired) electrons. The van der Waals surface area contributed by atoms with E-state index in [4.69, 9.17) is 0 Å². The Bertz CT molecular complexity index is 153. The van der Waals surface area contributed by atoms with Gasteiger partial charge in [0.15, 0.2) is 0 Å². The zero-order valence-corrected chi connectivity index (χ0v) is 11.1. The molecule has 0 fully saturated rings. The van der Waals surface area contributed by atoms with Gasteiger partial charge in [-0.3, -0.25) is 0 Å². The van der Waals surface area contributed by atoms with Crippen molar-refractivity contribution in [2.75, 3.05) is 13.1 Å². The van der Waals surface area contributed by atoms with Crippen LogP contribution in [-0.2, 0) is 0 Å². The minimum atomic E-state index is -0.550. The highest BCUT2D eigenvalue weighted by Gasteiger charge is 2.20. The summed E-state index contributed by atoms with van der Waals surface area (Å²) in [6.07, 6.45) is 3.33. The number of hydrogen-bond donors (Lipinski definition) is 2. The van der Waals surface area contributed by atoms with Crippen LogP contribution < -0.4 is 5.32 Å². The molecule has 0 saturated carbocycles. The summed E-state index contributed by atoms with van der Waals surface area (Å²) in [7, 11) is 0. The summed E-state index contributed by atoms with van der Waals surface area (Å²) in [5.41, 5.74) is -0.550. The molecule has 0 heterocycles. The third-order valence-corrected chi connectivity index (χ3v) is 2.49. The van der Waals surface area contributed by atoms with Gasteiger partial charge in [0.2, 0.25) is 0 Å². The molecule has 2 nitrogen and oxygen atoms in total. The van der Waals surface area contributed by atoms with Crippen LogP contribution in [0.25, 0.3) is 0 Å². The van der Waals surface area contributed by atoms with E-state index in [9.17, 15) is 5.11 Å². The van der Waals surface area contributed by atoms with E-state index in [-0.39, 0.29) is 0 Å². The fourth-order valence-electron chi connectivity index (χ4n) is 1.94. The van der Waals surface area contributed by atoms with Gasteiger partial charge in [-0.05, 0) is 44.6 Å². The highest BCUT2D eigenvalue weighted by Crippen LogP contribution is 2.15. The molecule has 0 aromatic heterocycles. The monoisotopic (exact) mass is 215 g/mol. The smallest absolute Gasteiger partial charge is 0.0746 e. The molecule has 92 valence electrons. The molecule has 0 rings (SSSR count). The van der Waals surface area contributed by atoms with Gasteiger partial charge < -0.3 is 10.4 Å². The first-order chi connectivity index (χ1) is 6.83. The van der Waals surface area contributed by atoms with Crippen LogP contribution in [0.15, 0.2) is 0 Å². The molecule has 0 spiro atoms. The van der Waals surface area contributed by atoms with Crippen molar-refractivity contribution in [3.63, 3.8) is 0 Å². The van der Waals surface area contributed by atoms with E-state index in [2.05, 4.69) is 33.0 Å². The van der Waals surface area contributed by atoms with E-state index < -0.39 is 5.60 Å². The van der Waals surface area contributed by atoms with Crippen molar-refractivity contribution < 1.29 is 5.11 Å². The average Bonchev–Trinajstić information content (AvgIpc) is 1.99. The predicted octanol–water partition coefficient (Wildman–Crippen LogP) is 2.81. The molecule has 0 bridgehead atoms. The molecular formula is C13H29NO. The first-order valence-electron chi connectivity index (χ1n) is 6.26. The quantitative estimate of drug-likeness (QED) is 0.610. The second kappa shape index (κ2) is 7.24. The zero-order valence-electron chi connectivity index (χ0n) is 11.1. The van der Waals surface area contributed by atoms with Crippen molar-refractivity contribution in [3.05, 3.63) is 0 Å². The molecule has 0 aliphatic carbocycles. The van der Waals surface area contributed by atoms with Gasteiger partial charge in [-0.2, -0.15) is 0 Å². The van der Waals surface area contributed by atoms with Gasteiger partial charge in [0.1, 0.15) is 0 Å². The third-order valence-electron chi connectivity index (χ3n) is 2.49. The van der Waals surface area contributed by atoms with Gasteiger partial charge in [0, 0.05) is 6.54 Å². The maximum absolute atomic E-state index is 10.0. The lowest BCUT2D eigenvalue weighted by atomic mass is 9.94. The summed E-state index contributed by atoms with van der Waals surface area (Å²) < 4.78 is 0. The van der Waals surface area contributed by atoms with Crippen molar-refractivity contribution in [2.24, 2.45) is 11.8 Å². The van der Waals surface area contributed by atoms with Gasteiger partial charge in [0.05, 0.1) is 5.60 Å². The second-order valence-corrected chi connectivity index (χ2v) is 5.81. The lowest BCUT2D eigenvalue weighted by Crippen LogP contribution is -2.39. The Hall–Kier alpha value is -0.0800. The van der Waals surface area contributed by atoms with Crippen molar-refractivity contribution in [1.29, 1.82) is 0 Å². The van der Waals surface area contributed by atoms with E-state index in [1.165, 1.54) is 12.8 Å². The normalized spacial score (nSPS) is 16.0. The number of aliphatic hydroxyl groups is 1. The Labute approximate surface area is 95.5 Å². The predicted molar refractivity (Wildman–Crippen MR) is 67.0 cm³/mol. The number of nitrogens with one attached hydrogen (secondary N) is 1. The van der Waals surface area contributed by atoms with Crippen molar-refractivity contribution in [2.45, 2.75) is 59.5 Å². The zero-order chi connectivity index (χ0) is 11.9. The van der Waals surface area contributed by atoms with E-state index in [1.54, 1.807) is 0 Å². The van der Waals surface area contributed by atoms with Crippen molar-refractivity contribution in [3.8, 4) is 0 Å². The van der Waals surface area contributed by atoms with Crippen LogP contribution in [0.5, 0.6) is 0 Å². The summed E-state index contributed by atoms with van der Waals surface area (Å²) in [5.74, 6) is 1.33. The maximum Gasteiger partial charge on any atom is 0.0746 e. The van der Waals surface area contributed by atoms with Crippen LogP contribution in [0.4, 0.5) is 0 Å². The van der Waals surface area contributed by atoms with Gasteiger partial charge in [0.25, 0.3) is 0 Å².